The third kappa shape index (κ3) is 1.95. The number of carbonyl (C=O) groups is 1. The second-order valence-electron chi connectivity index (χ2n) is 4.25. The van der Waals surface area contributed by atoms with Crippen molar-refractivity contribution in [2.24, 2.45) is 5.73 Å². The molecule has 1 aromatic rings. The predicted molar refractivity (Wildman–Crippen MR) is 59.2 cm³/mol. The Morgan fingerprint density at radius 1 is 1.75 bits per heavy atom. The highest BCUT2D eigenvalue weighted by Crippen LogP contribution is 2.25. The van der Waals surface area contributed by atoms with Crippen LogP contribution < -0.4 is 5.73 Å². The lowest BCUT2D eigenvalue weighted by atomic mass is 9.98. The van der Waals surface area contributed by atoms with E-state index in [1.807, 2.05) is 4.57 Å². The molecule has 0 saturated heterocycles. The Morgan fingerprint density at radius 3 is 3.19 bits per heavy atom. The average molecular weight is 223 g/mol. The Morgan fingerprint density at radius 2 is 2.50 bits per heavy atom. The van der Waals surface area contributed by atoms with E-state index in [1.54, 1.807) is 13.1 Å². The predicted octanol–water partition coefficient (Wildman–Crippen LogP) is 0.894. The number of nitrogens with zero attached hydrogens (tertiary/aromatic N) is 2. The number of ether oxygens (including phenoxy) is 1. The van der Waals surface area contributed by atoms with E-state index in [4.69, 9.17) is 10.5 Å². The molecule has 16 heavy (non-hydrogen) atoms. The van der Waals surface area contributed by atoms with Gasteiger partial charge < -0.3 is 15.0 Å². The zero-order valence-electron chi connectivity index (χ0n) is 9.64. The summed E-state index contributed by atoms with van der Waals surface area (Å²) < 4.78 is 6.89. The number of carbonyl (C=O) groups excluding carboxylic acids is 1. The first-order valence-electron chi connectivity index (χ1n) is 5.61. The molecular weight excluding hydrogens is 206 g/mol. The van der Waals surface area contributed by atoms with Crippen LogP contribution in [0, 0.1) is 0 Å². The highest BCUT2D eigenvalue weighted by atomic mass is 16.5. The first-order valence-corrected chi connectivity index (χ1v) is 5.61. The van der Waals surface area contributed by atoms with Crippen LogP contribution in [0.3, 0.4) is 0 Å². The molecule has 2 atom stereocenters. The van der Waals surface area contributed by atoms with E-state index >= 15 is 0 Å². The fraction of sp³-hybridized carbons (Fsp3) is 0.636. The fourth-order valence-electron chi connectivity index (χ4n) is 2.16. The van der Waals surface area contributed by atoms with Crippen molar-refractivity contribution in [3.63, 3.8) is 0 Å². The molecule has 0 aliphatic carbocycles. The zero-order chi connectivity index (χ0) is 11.7. The fourth-order valence-corrected chi connectivity index (χ4v) is 2.16. The summed E-state index contributed by atoms with van der Waals surface area (Å²) in [6.07, 6.45) is 2.65. The van der Waals surface area contributed by atoms with E-state index in [9.17, 15) is 4.79 Å². The molecule has 5 nitrogen and oxygen atoms in total. The molecular formula is C11H17N3O2. The van der Waals surface area contributed by atoms with Gasteiger partial charge in [-0.15, -0.1) is 0 Å². The Balaban J connectivity index is 2.26. The van der Waals surface area contributed by atoms with Crippen molar-refractivity contribution in [3.05, 3.63) is 17.7 Å². The lowest BCUT2D eigenvalue weighted by Crippen LogP contribution is -2.33. The van der Waals surface area contributed by atoms with Crippen LogP contribution in [-0.4, -0.2) is 28.2 Å². The van der Waals surface area contributed by atoms with Gasteiger partial charge in [0.05, 0.1) is 6.61 Å². The van der Waals surface area contributed by atoms with Gasteiger partial charge in [0.15, 0.2) is 5.69 Å². The van der Waals surface area contributed by atoms with Gasteiger partial charge in [0, 0.05) is 24.7 Å². The molecule has 5 heteroatoms. The minimum Gasteiger partial charge on any atom is -0.461 e. The van der Waals surface area contributed by atoms with Crippen molar-refractivity contribution >= 4 is 5.97 Å². The number of imidazole rings is 1. The minimum atomic E-state index is -0.356. The summed E-state index contributed by atoms with van der Waals surface area (Å²) in [6.45, 7) is 4.96. The third-order valence-corrected chi connectivity index (χ3v) is 2.82. The second kappa shape index (κ2) is 4.25. The van der Waals surface area contributed by atoms with E-state index < -0.39 is 0 Å². The van der Waals surface area contributed by atoms with Crippen LogP contribution in [0.2, 0.25) is 0 Å². The number of nitrogens with two attached hydrogens (primary N) is 1. The lowest BCUT2D eigenvalue weighted by molar-refractivity contribution is 0.0520. The summed E-state index contributed by atoms with van der Waals surface area (Å²) in [4.78, 5) is 15.8. The minimum absolute atomic E-state index is 0.145. The van der Waals surface area contributed by atoms with Gasteiger partial charge in [0.1, 0.15) is 5.82 Å². The maximum absolute atomic E-state index is 11.5. The smallest absolute Gasteiger partial charge is 0.358 e. The molecule has 0 spiro atoms. The first kappa shape index (κ1) is 11.1. The van der Waals surface area contributed by atoms with Crippen molar-refractivity contribution in [3.8, 4) is 0 Å². The van der Waals surface area contributed by atoms with Gasteiger partial charge in [0.25, 0.3) is 0 Å². The summed E-state index contributed by atoms with van der Waals surface area (Å²) in [5.41, 5.74) is 6.31. The van der Waals surface area contributed by atoms with E-state index in [-0.39, 0.29) is 12.0 Å². The Hall–Kier alpha value is -1.36. The maximum atomic E-state index is 11.5. The van der Waals surface area contributed by atoms with Crippen molar-refractivity contribution in [1.82, 2.24) is 9.55 Å². The second-order valence-corrected chi connectivity index (χ2v) is 4.25. The average Bonchev–Trinajstić information content (AvgIpc) is 2.62. The van der Waals surface area contributed by atoms with Gasteiger partial charge in [-0.25, -0.2) is 9.78 Å². The molecule has 0 bridgehead atoms. The summed E-state index contributed by atoms with van der Waals surface area (Å²) in [6, 6.07) is 0.145. The molecule has 2 unspecified atom stereocenters. The van der Waals surface area contributed by atoms with Gasteiger partial charge in [0.2, 0.25) is 0 Å². The van der Waals surface area contributed by atoms with Gasteiger partial charge >= 0.3 is 5.97 Å². The highest BCUT2D eigenvalue weighted by Gasteiger charge is 2.25. The molecule has 1 aliphatic rings. The number of esters is 1. The van der Waals surface area contributed by atoms with Crippen LogP contribution in [0.25, 0.3) is 0 Å². The SMILES string of the molecule is CCOC(=O)c1cn2c(n1)C(C)CC(N)C2. The summed E-state index contributed by atoms with van der Waals surface area (Å²) >= 11 is 0. The molecule has 0 saturated carbocycles. The van der Waals surface area contributed by atoms with E-state index in [0.717, 1.165) is 18.8 Å². The standard InChI is InChI=1S/C11H17N3O2/c1-3-16-11(15)9-6-14-5-8(12)4-7(2)10(14)13-9/h6-8H,3-5,12H2,1-2H3. The van der Waals surface area contributed by atoms with Crippen molar-refractivity contribution in [2.45, 2.75) is 38.8 Å². The van der Waals surface area contributed by atoms with Crippen molar-refractivity contribution in [2.75, 3.05) is 6.61 Å². The lowest BCUT2D eigenvalue weighted by Gasteiger charge is -2.25. The van der Waals surface area contributed by atoms with Gasteiger partial charge in [-0.05, 0) is 13.3 Å². The quantitative estimate of drug-likeness (QED) is 0.756. The number of fused-ring (bicyclic) bond motifs is 1. The Bertz CT molecular complexity index is 400. The molecule has 1 aromatic heterocycles. The molecule has 2 N–H and O–H groups in total. The number of aromatic nitrogens is 2. The number of rotatable bonds is 2. The van der Waals surface area contributed by atoms with E-state index in [1.165, 1.54) is 0 Å². The molecule has 2 heterocycles. The van der Waals surface area contributed by atoms with Crippen LogP contribution >= 0.6 is 0 Å². The zero-order valence-corrected chi connectivity index (χ0v) is 9.64. The van der Waals surface area contributed by atoms with Gasteiger partial charge in [-0.2, -0.15) is 0 Å². The van der Waals surface area contributed by atoms with Crippen LogP contribution in [0.5, 0.6) is 0 Å². The van der Waals surface area contributed by atoms with E-state index in [0.29, 0.717) is 18.2 Å². The van der Waals surface area contributed by atoms with Crippen molar-refractivity contribution < 1.29 is 9.53 Å². The van der Waals surface area contributed by atoms with E-state index in [2.05, 4.69) is 11.9 Å². The van der Waals surface area contributed by atoms with Crippen LogP contribution in [0.4, 0.5) is 0 Å². The summed E-state index contributed by atoms with van der Waals surface area (Å²) in [5.74, 6) is 0.877. The van der Waals surface area contributed by atoms with Crippen LogP contribution in [0.1, 0.15) is 42.5 Å². The molecule has 0 aromatic carbocycles. The molecule has 0 fully saturated rings. The Labute approximate surface area is 94.6 Å². The third-order valence-electron chi connectivity index (χ3n) is 2.82. The number of hydrogen-bond acceptors (Lipinski definition) is 4. The van der Waals surface area contributed by atoms with Gasteiger partial charge in [-0.1, -0.05) is 6.92 Å². The van der Waals surface area contributed by atoms with Gasteiger partial charge in [-0.3, -0.25) is 0 Å². The summed E-state index contributed by atoms with van der Waals surface area (Å²) in [7, 11) is 0. The molecule has 0 amide bonds. The largest absolute Gasteiger partial charge is 0.461 e. The topological polar surface area (TPSA) is 70.1 Å². The monoisotopic (exact) mass is 223 g/mol. The Kier molecular flexibility index (Phi) is 2.96. The molecule has 1 aliphatic heterocycles. The number of hydrogen-bond donors (Lipinski definition) is 1. The molecule has 88 valence electrons. The maximum Gasteiger partial charge on any atom is 0.358 e. The van der Waals surface area contributed by atoms with Crippen LogP contribution in [-0.2, 0) is 11.3 Å². The first-order chi connectivity index (χ1) is 7.61. The molecule has 0 radical (unpaired) electrons. The highest BCUT2D eigenvalue weighted by molar-refractivity contribution is 5.87. The molecule has 2 rings (SSSR count). The normalized spacial score (nSPS) is 23.9. The van der Waals surface area contributed by atoms with Crippen LogP contribution in [0.15, 0.2) is 6.20 Å². The summed E-state index contributed by atoms with van der Waals surface area (Å²) in [5, 5.41) is 0. The van der Waals surface area contributed by atoms with Crippen molar-refractivity contribution in [1.29, 1.82) is 0 Å².